The van der Waals surface area contributed by atoms with E-state index in [9.17, 15) is 13.6 Å². The average molecular weight is 361 g/mol. The number of benzene rings is 2. The van der Waals surface area contributed by atoms with Crippen LogP contribution < -0.4 is 4.74 Å². The fraction of sp³-hybridized carbons (Fsp3) is 0.111. The van der Waals surface area contributed by atoms with Crippen molar-refractivity contribution >= 4 is 33.6 Å². The van der Waals surface area contributed by atoms with Crippen molar-refractivity contribution in [2.75, 3.05) is 0 Å². The number of carbonyl (C=O) groups is 1. The van der Waals surface area contributed by atoms with Gasteiger partial charge in [-0.2, -0.15) is 8.78 Å². The highest BCUT2D eigenvalue weighted by atomic mass is 32.1. The first-order valence-corrected chi connectivity index (χ1v) is 8.16. The summed E-state index contributed by atoms with van der Waals surface area (Å²) in [7, 11) is 0. The molecule has 0 aliphatic rings. The molecule has 0 saturated heterocycles. The molecule has 4 nitrogen and oxygen atoms in total. The molecule has 128 valence electrons. The molecule has 0 aliphatic carbocycles. The summed E-state index contributed by atoms with van der Waals surface area (Å²) in [5.74, 6) is -0.447. The third-order valence-corrected chi connectivity index (χ3v) is 4.20. The summed E-state index contributed by atoms with van der Waals surface area (Å²) in [6.45, 7) is -2.76. The number of alkyl halides is 2. The second-order valence-corrected chi connectivity index (χ2v) is 6.08. The Kier molecular flexibility index (Phi) is 5.35. The van der Waals surface area contributed by atoms with Crippen LogP contribution in [0.1, 0.15) is 10.6 Å². The molecule has 0 saturated carbocycles. The molecule has 1 heterocycles. The molecule has 3 aromatic rings. The molecule has 2 aromatic carbocycles. The van der Waals surface area contributed by atoms with Gasteiger partial charge < -0.3 is 9.47 Å². The molecule has 0 radical (unpaired) electrons. The van der Waals surface area contributed by atoms with Gasteiger partial charge in [0.05, 0.1) is 10.2 Å². The topological polar surface area (TPSA) is 48.4 Å². The van der Waals surface area contributed by atoms with E-state index < -0.39 is 12.6 Å². The van der Waals surface area contributed by atoms with Crippen molar-refractivity contribution in [2.45, 2.75) is 13.2 Å². The van der Waals surface area contributed by atoms with Crippen LogP contribution in [-0.2, 0) is 16.1 Å². The average Bonchev–Trinajstić information content (AvgIpc) is 3.02. The van der Waals surface area contributed by atoms with Crippen molar-refractivity contribution in [3.05, 3.63) is 65.2 Å². The third kappa shape index (κ3) is 4.84. The standard InChI is InChI=1S/C18H13F2NO3S/c19-18(20)24-13-8-5-12(6-9-13)7-10-17(22)23-11-16-21-14-3-1-2-4-15(14)25-16/h1-10,18H,11H2. The number of rotatable bonds is 6. The number of fused-ring (bicyclic) bond motifs is 1. The summed E-state index contributed by atoms with van der Waals surface area (Å²) in [6, 6.07) is 13.6. The van der Waals surface area contributed by atoms with E-state index in [1.54, 1.807) is 12.1 Å². The van der Waals surface area contributed by atoms with Gasteiger partial charge in [-0.3, -0.25) is 0 Å². The van der Waals surface area contributed by atoms with Crippen molar-refractivity contribution in [3.63, 3.8) is 0 Å². The Labute approximate surface area is 146 Å². The van der Waals surface area contributed by atoms with Gasteiger partial charge in [-0.25, -0.2) is 9.78 Å². The molecule has 0 aliphatic heterocycles. The number of esters is 1. The molecule has 0 unspecified atom stereocenters. The predicted octanol–water partition coefficient (Wildman–Crippen LogP) is 4.65. The van der Waals surface area contributed by atoms with Crippen molar-refractivity contribution < 1.29 is 23.0 Å². The number of para-hydroxylation sites is 1. The summed E-state index contributed by atoms with van der Waals surface area (Å²) >= 11 is 1.47. The van der Waals surface area contributed by atoms with E-state index in [4.69, 9.17) is 4.74 Å². The van der Waals surface area contributed by atoms with Crippen LogP contribution in [0.3, 0.4) is 0 Å². The highest BCUT2D eigenvalue weighted by Crippen LogP contribution is 2.22. The smallest absolute Gasteiger partial charge is 0.387 e. The van der Waals surface area contributed by atoms with Gasteiger partial charge >= 0.3 is 12.6 Å². The number of aromatic nitrogens is 1. The van der Waals surface area contributed by atoms with E-state index in [1.807, 2.05) is 24.3 Å². The van der Waals surface area contributed by atoms with Gasteiger partial charge in [0, 0.05) is 6.08 Å². The molecule has 0 fully saturated rings. The van der Waals surface area contributed by atoms with Crippen LogP contribution in [0.25, 0.3) is 16.3 Å². The molecule has 0 amide bonds. The first kappa shape index (κ1) is 17.0. The Bertz CT molecular complexity index is 858. The van der Waals surface area contributed by atoms with Crippen LogP contribution in [0.15, 0.2) is 54.6 Å². The van der Waals surface area contributed by atoms with Crippen molar-refractivity contribution in [3.8, 4) is 5.75 Å². The van der Waals surface area contributed by atoms with Crippen molar-refractivity contribution in [1.82, 2.24) is 4.98 Å². The van der Waals surface area contributed by atoms with Gasteiger partial charge in [0.25, 0.3) is 0 Å². The van der Waals surface area contributed by atoms with Gasteiger partial charge in [-0.1, -0.05) is 24.3 Å². The van der Waals surface area contributed by atoms with Crippen molar-refractivity contribution in [1.29, 1.82) is 0 Å². The molecule has 0 N–H and O–H groups in total. The quantitative estimate of drug-likeness (QED) is 0.473. The maximum atomic E-state index is 12.1. The second-order valence-electron chi connectivity index (χ2n) is 4.96. The number of halogens is 2. The zero-order valence-electron chi connectivity index (χ0n) is 12.9. The normalized spacial score (nSPS) is 11.3. The molecular weight excluding hydrogens is 348 g/mol. The Morgan fingerprint density at radius 1 is 1.16 bits per heavy atom. The van der Waals surface area contributed by atoms with Crippen LogP contribution in [0.4, 0.5) is 8.78 Å². The van der Waals surface area contributed by atoms with E-state index >= 15 is 0 Å². The number of thiazole rings is 1. The number of hydrogen-bond acceptors (Lipinski definition) is 5. The summed E-state index contributed by atoms with van der Waals surface area (Å²) in [4.78, 5) is 16.1. The van der Waals surface area contributed by atoms with Crippen LogP contribution in [-0.4, -0.2) is 17.6 Å². The van der Waals surface area contributed by atoms with Gasteiger partial charge in [-0.05, 0) is 35.9 Å². The minimum absolute atomic E-state index is 0.0607. The lowest BCUT2D eigenvalue weighted by atomic mass is 10.2. The third-order valence-electron chi connectivity index (χ3n) is 3.19. The minimum Gasteiger partial charge on any atom is -0.455 e. The summed E-state index contributed by atoms with van der Waals surface area (Å²) in [6.07, 6.45) is 2.81. The maximum absolute atomic E-state index is 12.1. The number of hydrogen-bond donors (Lipinski definition) is 0. The maximum Gasteiger partial charge on any atom is 0.387 e. The van der Waals surface area contributed by atoms with E-state index in [0.29, 0.717) is 5.56 Å². The van der Waals surface area contributed by atoms with Gasteiger partial charge in [0.1, 0.15) is 17.4 Å². The monoisotopic (exact) mass is 361 g/mol. The molecule has 1 aromatic heterocycles. The minimum atomic E-state index is -2.86. The van der Waals surface area contributed by atoms with Crippen LogP contribution in [0, 0.1) is 0 Å². The van der Waals surface area contributed by atoms with Crippen LogP contribution in [0.2, 0.25) is 0 Å². The fourth-order valence-corrected chi connectivity index (χ4v) is 2.97. The zero-order valence-corrected chi connectivity index (χ0v) is 13.7. The molecule has 25 heavy (non-hydrogen) atoms. The largest absolute Gasteiger partial charge is 0.455 e. The Morgan fingerprint density at radius 2 is 1.92 bits per heavy atom. The molecule has 0 bridgehead atoms. The molecule has 0 spiro atoms. The Morgan fingerprint density at radius 3 is 2.64 bits per heavy atom. The lowest BCUT2D eigenvalue weighted by molar-refractivity contribution is -0.138. The first-order valence-electron chi connectivity index (χ1n) is 7.34. The SMILES string of the molecule is O=C(C=Cc1ccc(OC(F)F)cc1)OCc1nc2ccccc2s1. The zero-order chi connectivity index (χ0) is 17.6. The van der Waals surface area contributed by atoms with E-state index in [2.05, 4.69) is 9.72 Å². The fourth-order valence-electron chi connectivity index (χ4n) is 2.09. The van der Waals surface area contributed by atoms with Crippen LogP contribution in [0.5, 0.6) is 5.75 Å². The molecule has 0 atom stereocenters. The Hall–Kier alpha value is -2.80. The van der Waals surface area contributed by atoms with Crippen molar-refractivity contribution in [2.24, 2.45) is 0 Å². The number of nitrogens with zero attached hydrogens (tertiary/aromatic N) is 1. The second kappa shape index (κ2) is 7.85. The van der Waals surface area contributed by atoms with Crippen LogP contribution >= 0.6 is 11.3 Å². The first-order chi connectivity index (χ1) is 12.1. The molecule has 7 heteroatoms. The highest BCUT2D eigenvalue weighted by molar-refractivity contribution is 7.18. The highest BCUT2D eigenvalue weighted by Gasteiger charge is 2.06. The van der Waals surface area contributed by atoms with E-state index in [0.717, 1.165) is 15.2 Å². The predicted molar refractivity (Wildman–Crippen MR) is 91.5 cm³/mol. The van der Waals surface area contributed by atoms with Gasteiger partial charge in [-0.15, -0.1) is 11.3 Å². The summed E-state index contributed by atoms with van der Waals surface area (Å²) in [5.41, 5.74) is 1.54. The Balaban J connectivity index is 1.53. The van der Waals surface area contributed by atoms with E-state index in [-0.39, 0.29) is 12.4 Å². The molecular formula is C18H13F2NO3S. The molecule has 3 rings (SSSR count). The van der Waals surface area contributed by atoms with E-state index in [1.165, 1.54) is 35.6 Å². The summed E-state index contributed by atoms with van der Waals surface area (Å²) < 4.78 is 34.6. The lowest BCUT2D eigenvalue weighted by Gasteiger charge is -2.03. The lowest BCUT2D eigenvalue weighted by Crippen LogP contribution is -2.01. The summed E-state index contributed by atoms with van der Waals surface area (Å²) in [5, 5.41) is 0.719. The number of ether oxygens (including phenoxy) is 2. The number of carbonyl (C=O) groups excluding carboxylic acids is 1. The van der Waals surface area contributed by atoms with Gasteiger partial charge in [0.2, 0.25) is 0 Å². The van der Waals surface area contributed by atoms with Gasteiger partial charge in [0.15, 0.2) is 0 Å².